The first-order chi connectivity index (χ1) is 21.3. The highest BCUT2D eigenvalue weighted by Crippen LogP contribution is 2.48. The molecular formula is C40H50N4. The number of aryl methyl sites for hydroxylation is 5. The van der Waals surface area contributed by atoms with Gasteiger partial charge in [0.05, 0.1) is 22.6 Å². The molecule has 0 aliphatic carbocycles. The molecule has 0 saturated heterocycles. The molecule has 0 fully saturated rings. The van der Waals surface area contributed by atoms with Crippen LogP contribution in [0.1, 0.15) is 132 Å². The second-order valence-electron chi connectivity index (χ2n) is 12.6. The molecule has 230 valence electrons. The van der Waals surface area contributed by atoms with Gasteiger partial charge < -0.3 is 9.97 Å². The average molecular weight is 587 g/mol. The van der Waals surface area contributed by atoms with E-state index in [1.807, 2.05) is 0 Å². The van der Waals surface area contributed by atoms with Crippen molar-refractivity contribution >= 4 is 44.1 Å². The van der Waals surface area contributed by atoms with Crippen LogP contribution < -0.4 is 0 Å². The summed E-state index contributed by atoms with van der Waals surface area (Å²) < 4.78 is 0. The number of aromatic amines is 2. The summed E-state index contributed by atoms with van der Waals surface area (Å²) in [6.45, 7) is 20.6. The van der Waals surface area contributed by atoms with Crippen molar-refractivity contribution in [1.29, 1.82) is 0 Å². The number of hydrogen-bond acceptors (Lipinski definition) is 2. The van der Waals surface area contributed by atoms with E-state index >= 15 is 0 Å². The Morgan fingerprint density at radius 1 is 0.591 bits per heavy atom. The van der Waals surface area contributed by atoms with Crippen molar-refractivity contribution in [3.8, 4) is 0 Å². The average Bonchev–Trinajstić information content (AvgIpc) is 3.75. The van der Waals surface area contributed by atoms with E-state index in [1.165, 1.54) is 77.7 Å². The maximum absolute atomic E-state index is 5.59. The molecule has 4 heteroatoms. The number of aromatic nitrogens is 4. The number of nitrogens with zero attached hydrogens (tertiary/aromatic N) is 2. The first-order valence-corrected chi connectivity index (χ1v) is 17.3. The smallest absolute Gasteiger partial charge is 0.0771 e. The van der Waals surface area contributed by atoms with E-state index in [-0.39, 0.29) is 5.41 Å². The number of rotatable bonds is 8. The third kappa shape index (κ3) is 4.31. The minimum atomic E-state index is -0.128. The fraction of sp³-hybridized carbons (Fsp3) is 0.450. The lowest BCUT2D eigenvalue weighted by Crippen LogP contribution is -2.24. The molecule has 0 saturated carbocycles. The van der Waals surface area contributed by atoms with Crippen molar-refractivity contribution in [1.82, 2.24) is 19.9 Å². The predicted octanol–water partition coefficient (Wildman–Crippen LogP) is 10.9. The topological polar surface area (TPSA) is 57.4 Å². The molecule has 0 unspecified atom stereocenters. The highest BCUT2D eigenvalue weighted by molar-refractivity contribution is 6.02. The monoisotopic (exact) mass is 586 g/mol. The normalized spacial score (nSPS) is 14.4. The Morgan fingerprint density at radius 2 is 1.11 bits per heavy atom. The van der Waals surface area contributed by atoms with E-state index in [2.05, 4.69) is 103 Å². The molecule has 2 N–H and O–H groups in total. The molecule has 8 bridgehead atoms. The van der Waals surface area contributed by atoms with Crippen molar-refractivity contribution in [2.24, 2.45) is 0 Å². The molecule has 2 aliphatic heterocycles. The molecule has 0 radical (unpaired) electrons. The molecule has 3 aromatic heterocycles. The fourth-order valence-corrected chi connectivity index (χ4v) is 8.53. The zero-order valence-electron chi connectivity index (χ0n) is 28.4. The maximum Gasteiger partial charge on any atom is 0.0771 e. The molecule has 5 heterocycles. The summed E-state index contributed by atoms with van der Waals surface area (Å²) in [6.07, 6.45) is 7.88. The Morgan fingerprint density at radius 3 is 1.61 bits per heavy atom. The van der Waals surface area contributed by atoms with Gasteiger partial charge in [-0.25, -0.2) is 4.98 Å². The lowest BCUT2D eigenvalue weighted by Gasteiger charge is -2.29. The van der Waals surface area contributed by atoms with Crippen LogP contribution in [-0.2, 0) is 31.1 Å². The van der Waals surface area contributed by atoms with Gasteiger partial charge in [0.2, 0.25) is 0 Å². The van der Waals surface area contributed by atoms with Crippen LogP contribution in [0.2, 0.25) is 0 Å². The Balaban J connectivity index is 1.92. The van der Waals surface area contributed by atoms with Gasteiger partial charge >= 0.3 is 0 Å². The molecule has 4 nitrogen and oxygen atoms in total. The SMILES string of the molecule is CCC1=C(CC)c2nc1cc1[nH]c(cc3[nH]c(cc4nc5c(c(C)ccc25)C4(CC)CC)c(CC)c3CC)c(CC)c1CC. The summed E-state index contributed by atoms with van der Waals surface area (Å²) in [5.41, 5.74) is 20.3. The molecule has 4 aromatic rings. The standard InChI is InChI=1S/C40H50N4/c1-10-24-25(11-2)33-21-34-28(14-5)29(15-6)38(43-34)30-19-18-23(9)37-39(30)44-36(40(37,16-7)17-8)22-35-27(13-4)26(12-3)32(42-35)20-31(24)41-33/h18-22,41-42H,10-17H2,1-9H3. The van der Waals surface area contributed by atoms with Crippen LogP contribution in [0.4, 0.5) is 0 Å². The van der Waals surface area contributed by atoms with Gasteiger partial charge in [-0.1, -0.05) is 67.5 Å². The van der Waals surface area contributed by atoms with E-state index < -0.39 is 0 Å². The third-order valence-electron chi connectivity index (χ3n) is 10.8. The second-order valence-corrected chi connectivity index (χ2v) is 12.6. The van der Waals surface area contributed by atoms with Crippen molar-refractivity contribution in [2.45, 2.75) is 119 Å². The lowest BCUT2D eigenvalue weighted by molar-refractivity contribution is 0.480. The van der Waals surface area contributed by atoms with Crippen molar-refractivity contribution < 1.29 is 0 Å². The van der Waals surface area contributed by atoms with Crippen LogP contribution >= 0.6 is 0 Å². The van der Waals surface area contributed by atoms with Crippen molar-refractivity contribution in [2.75, 3.05) is 0 Å². The van der Waals surface area contributed by atoms with Gasteiger partial charge in [0.25, 0.3) is 0 Å². The Bertz CT molecular complexity index is 1960. The van der Waals surface area contributed by atoms with Crippen LogP contribution in [0.25, 0.3) is 44.1 Å². The summed E-state index contributed by atoms with van der Waals surface area (Å²) >= 11 is 0. The minimum Gasteiger partial charge on any atom is -0.355 e. The first-order valence-electron chi connectivity index (χ1n) is 17.3. The van der Waals surface area contributed by atoms with Gasteiger partial charge in [0, 0.05) is 32.9 Å². The summed E-state index contributed by atoms with van der Waals surface area (Å²) in [7, 11) is 0. The number of allylic oxidation sites excluding steroid dienone is 2. The number of fused-ring (bicyclic) bond motifs is 8. The molecular weight excluding hydrogens is 536 g/mol. The molecule has 6 rings (SSSR count). The molecule has 1 aromatic carbocycles. The molecule has 2 aliphatic rings. The molecule has 0 amide bonds. The fourth-order valence-electron chi connectivity index (χ4n) is 8.53. The second kappa shape index (κ2) is 11.7. The zero-order valence-corrected chi connectivity index (χ0v) is 28.4. The number of hydrogen-bond donors (Lipinski definition) is 2. The predicted molar refractivity (Wildman–Crippen MR) is 190 cm³/mol. The largest absolute Gasteiger partial charge is 0.355 e. The van der Waals surface area contributed by atoms with Gasteiger partial charge in [-0.3, -0.25) is 4.98 Å². The zero-order chi connectivity index (χ0) is 31.3. The van der Waals surface area contributed by atoms with Crippen LogP contribution in [0.15, 0.2) is 30.3 Å². The number of benzene rings is 1. The highest BCUT2D eigenvalue weighted by atomic mass is 14.8. The van der Waals surface area contributed by atoms with Gasteiger partial charge in [-0.05, 0) is 121 Å². The van der Waals surface area contributed by atoms with Crippen LogP contribution in [-0.4, -0.2) is 19.9 Å². The van der Waals surface area contributed by atoms with Gasteiger partial charge in [-0.15, -0.1) is 0 Å². The molecule has 44 heavy (non-hydrogen) atoms. The maximum atomic E-state index is 5.59. The third-order valence-corrected chi connectivity index (χ3v) is 10.8. The minimum absolute atomic E-state index is 0.128. The highest BCUT2D eigenvalue weighted by Gasteiger charge is 2.39. The Kier molecular flexibility index (Phi) is 8.07. The van der Waals surface area contributed by atoms with Gasteiger partial charge in [-0.2, -0.15) is 0 Å². The van der Waals surface area contributed by atoms with Crippen molar-refractivity contribution in [3.63, 3.8) is 0 Å². The molecule has 0 atom stereocenters. The Labute approximate surface area is 263 Å². The summed E-state index contributed by atoms with van der Waals surface area (Å²) in [5, 5.41) is 1.18. The van der Waals surface area contributed by atoms with Crippen LogP contribution in [0.3, 0.4) is 0 Å². The number of nitrogens with one attached hydrogen (secondary N) is 2. The van der Waals surface area contributed by atoms with Gasteiger partial charge in [0.15, 0.2) is 0 Å². The first kappa shape index (κ1) is 30.4. The van der Waals surface area contributed by atoms with Crippen LogP contribution in [0, 0.1) is 6.92 Å². The number of H-pyrrole nitrogens is 2. The summed E-state index contributed by atoms with van der Waals surface area (Å²) in [6, 6.07) is 11.7. The van der Waals surface area contributed by atoms with E-state index in [1.54, 1.807) is 0 Å². The Hall–Kier alpha value is -3.66. The lowest BCUT2D eigenvalue weighted by atomic mass is 9.72. The van der Waals surface area contributed by atoms with Gasteiger partial charge in [0.1, 0.15) is 0 Å². The van der Waals surface area contributed by atoms with E-state index in [4.69, 9.17) is 9.97 Å². The van der Waals surface area contributed by atoms with E-state index in [9.17, 15) is 0 Å². The van der Waals surface area contributed by atoms with Crippen LogP contribution in [0.5, 0.6) is 0 Å². The quantitative estimate of drug-likeness (QED) is 0.216. The van der Waals surface area contributed by atoms with E-state index in [0.717, 1.165) is 68.3 Å². The van der Waals surface area contributed by atoms with E-state index in [0.29, 0.717) is 0 Å². The van der Waals surface area contributed by atoms with Crippen molar-refractivity contribution in [3.05, 3.63) is 80.8 Å². The summed E-state index contributed by atoms with van der Waals surface area (Å²) in [5.74, 6) is 0. The summed E-state index contributed by atoms with van der Waals surface area (Å²) in [4.78, 5) is 18.9. The molecule has 0 spiro atoms.